The van der Waals surface area contributed by atoms with Crippen LogP contribution in [0.15, 0.2) is 95.8 Å². The molecule has 0 saturated carbocycles. The summed E-state index contributed by atoms with van der Waals surface area (Å²) in [5, 5.41) is 4.14. The summed E-state index contributed by atoms with van der Waals surface area (Å²) < 4.78 is 6.34. The number of thiocarbonyl (C=S) groups is 1. The predicted molar refractivity (Wildman–Crippen MR) is 119 cm³/mol. The molecule has 1 aromatic carbocycles. The smallest absolute Gasteiger partial charge is 0.170 e. The highest BCUT2D eigenvalue weighted by atomic mass is 32.1. The van der Waals surface area contributed by atoms with E-state index in [0.29, 0.717) is 11.7 Å². The van der Waals surface area contributed by atoms with Gasteiger partial charge in [0.15, 0.2) is 5.11 Å². The lowest BCUT2D eigenvalue weighted by molar-refractivity contribution is 0.269. The third-order valence-corrected chi connectivity index (χ3v) is 5.63. The van der Waals surface area contributed by atoms with E-state index in [2.05, 4.69) is 20.2 Å². The van der Waals surface area contributed by atoms with Gasteiger partial charge in [-0.3, -0.25) is 9.97 Å². The Labute approximate surface area is 180 Å². The molecule has 1 N–H and O–H groups in total. The highest BCUT2D eigenvalue weighted by Crippen LogP contribution is 2.41. The number of furan rings is 1. The Bertz CT molecular complexity index is 1130. The molecule has 4 heterocycles. The summed E-state index contributed by atoms with van der Waals surface area (Å²) in [5.41, 5.74) is 3.11. The van der Waals surface area contributed by atoms with Gasteiger partial charge in [0.25, 0.3) is 0 Å². The molecular formula is C24H20N4OS. The van der Waals surface area contributed by atoms with Gasteiger partial charge in [-0.25, -0.2) is 0 Å². The Kier molecular flexibility index (Phi) is 4.99. The molecule has 0 unspecified atom stereocenters. The van der Waals surface area contributed by atoms with Gasteiger partial charge in [-0.1, -0.05) is 36.4 Å². The van der Waals surface area contributed by atoms with Crippen molar-refractivity contribution in [3.63, 3.8) is 0 Å². The van der Waals surface area contributed by atoms with Gasteiger partial charge in [0.1, 0.15) is 17.6 Å². The number of hydrogen-bond donors (Lipinski definition) is 1. The second-order valence-corrected chi connectivity index (χ2v) is 7.56. The van der Waals surface area contributed by atoms with Crippen molar-refractivity contribution in [2.75, 3.05) is 0 Å². The average molecular weight is 413 g/mol. The Hall–Kier alpha value is -3.51. The van der Waals surface area contributed by atoms with Crippen molar-refractivity contribution in [2.45, 2.75) is 18.6 Å². The third kappa shape index (κ3) is 3.57. The van der Waals surface area contributed by atoms with Gasteiger partial charge in [-0.15, -0.1) is 0 Å². The maximum absolute atomic E-state index is 6.34. The lowest BCUT2D eigenvalue weighted by atomic mass is 10.0. The van der Waals surface area contributed by atoms with E-state index in [1.165, 1.54) is 0 Å². The number of aromatic nitrogens is 2. The van der Waals surface area contributed by atoms with Crippen LogP contribution >= 0.6 is 12.2 Å². The van der Waals surface area contributed by atoms with Gasteiger partial charge in [-0.2, -0.15) is 0 Å². The van der Waals surface area contributed by atoms with Crippen molar-refractivity contribution in [2.24, 2.45) is 0 Å². The van der Waals surface area contributed by atoms with E-state index in [4.69, 9.17) is 16.6 Å². The summed E-state index contributed by atoms with van der Waals surface area (Å²) in [6.07, 6.45) is 5.40. The Balaban J connectivity index is 1.54. The second kappa shape index (κ2) is 8.08. The van der Waals surface area contributed by atoms with Crippen molar-refractivity contribution < 1.29 is 4.42 Å². The van der Waals surface area contributed by atoms with Crippen LogP contribution in [0.4, 0.5) is 0 Å². The zero-order chi connectivity index (χ0) is 20.3. The van der Waals surface area contributed by atoms with E-state index in [1.54, 1.807) is 18.6 Å². The van der Waals surface area contributed by atoms with Crippen LogP contribution in [0.1, 0.15) is 29.1 Å². The maximum atomic E-state index is 6.34. The molecule has 0 radical (unpaired) electrons. The van der Waals surface area contributed by atoms with Gasteiger partial charge in [0, 0.05) is 30.7 Å². The molecule has 2 atom stereocenters. The van der Waals surface area contributed by atoms with Crippen LogP contribution in [-0.2, 0) is 6.54 Å². The predicted octanol–water partition coefficient (Wildman–Crippen LogP) is 4.91. The molecule has 5 nitrogen and oxygen atoms in total. The molecule has 1 saturated heterocycles. The van der Waals surface area contributed by atoms with E-state index < -0.39 is 0 Å². The van der Waals surface area contributed by atoms with Gasteiger partial charge in [0.2, 0.25) is 0 Å². The van der Waals surface area contributed by atoms with Crippen LogP contribution in [0.25, 0.3) is 11.3 Å². The van der Waals surface area contributed by atoms with Crippen molar-refractivity contribution in [1.29, 1.82) is 0 Å². The van der Waals surface area contributed by atoms with Crippen LogP contribution < -0.4 is 5.32 Å². The molecule has 4 aromatic rings. The topological polar surface area (TPSA) is 54.2 Å². The zero-order valence-corrected chi connectivity index (χ0v) is 17.0. The first-order valence-electron chi connectivity index (χ1n) is 9.82. The van der Waals surface area contributed by atoms with Gasteiger partial charge < -0.3 is 14.6 Å². The lowest BCUT2D eigenvalue weighted by Gasteiger charge is -2.26. The van der Waals surface area contributed by atoms with Crippen LogP contribution in [0.3, 0.4) is 0 Å². The number of benzene rings is 1. The quantitative estimate of drug-likeness (QED) is 0.470. The summed E-state index contributed by atoms with van der Waals surface area (Å²) in [5.74, 6) is 1.69. The standard InChI is InChI=1S/C24H20N4OS/c30-24-27-22(19-8-4-5-13-26-19)23(28(24)16-17-11-14-25-15-12-17)21-10-9-20(29-21)18-6-2-1-3-7-18/h1-15,22-23H,16H2,(H,27,30)/t22-,23+/m1/s1. The van der Waals surface area contributed by atoms with Crippen molar-refractivity contribution >= 4 is 17.3 Å². The first-order valence-corrected chi connectivity index (χ1v) is 10.2. The zero-order valence-electron chi connectivity index (χ0n) is 16.2. The molecule has 30 heavy (non-hydrogen) atoms. The average Bonchev–Trinajstić information content (AvgIpc) is 3.41. The highest BCUT2D eigenvalue weighted by molar-refractivity contribution is 7.80. The molecule has 0 spiro atoms. The largest absolute Gasteiger partial charge is 0.459 e. The normalized spacial score (nSPS) is 18.4. The monoisotopic (exact) mass is 412 g/mol. The summed E-state index contributed by atoms with van der Waals surface area (Å²) in [7, 11) is 0. The molecule has 5 rings (SSSR count). The van der Waals surface area contributed by atoms with Gasteiger partial charge in [-0.05, 0) is 54.2 Å². The van der Waals surface area contributed by atoms with Crippen molar-refractivity contribution in [3.05, 3.63) is 108 Å². The second-order valence-electron chi connectivity index (χ2n) is 7.18. The molecule has 1 aliphatic heterocycles. The number of nitrogens with zero attached hydrogens (tertiary/aromatic N) is 3. The number of rotatable bonds is 5. The molecular weight excluding hydrogens is 392 g/mol. The fourth-order valence-corrected chi connectivity index (χ4v) is 4.14. The molecule has 148 valence electrons. The van der Waals surface area contributed by atoms with Crippen LogP contribution in [0.5, 0.6) is 0 Å². The van der Waals surface area contributed by atoms with Crippen LogP contribution in [-0.4, -0.2) is 20.0 Å². The lowest BCUT2D eigenvalue weighted by Crippen LogP contribution is -2.29. The summed E-state index contributed by atoms with van der Waals surface area (Å²) in [4.78, 5) is 10.9. The molecule has 3 aromatic heterocycles. The van der Waals surface area contributed by atoms with Crippen molar-refractivity contribution in [1.82, 2.24) is 20.2 Å². The number of hydrogen-bond acceptors (Lipinski definition) is 4. The summed E-state index contributed by atoms with van der Waals surface area (Å²) in [6, 6.07) is 23.9. The SMILES string of the molecule is S=C1N[C@H](c2ccccn2)[C@H](c2ccc(-c3ccccc3)o2)N1Cc1ccncc1. The molecule has 0 aliphatic carbocycles. The molecule has 0 amide bonds. The minimum absolute atomic E-state index is 0.102. The van der Waals surface area contributed by atoms with Gasteiger partial charge >= 0.3 is 0 Å². The first-order chi connectivity index (χ1) is 14.8. The van der Waals surface area contributed by atoms with Crippen LogP contribution in [0, 0.1) is 0 Å². The van der Waals surface area contributed by atoms with Crippen molar-refractivity contribution in [3.8, 4) is 11.3 Å². The Morgan fingerprint density at radius 3 is 2.47 bits per heavy atom. The van der Waals surface area contributed by atoms with E-state index in [1.807, 2.05) is 72.8 Å². The van der Waals surface area contributed by atoms with E-state index >= 15 is 0 Å². The molecule has 0 bridgehead atoms. The fraction of sp³-hybridized carbons (Fsp3) is 0.125. The third-order valence-electron chi connectivity index (χ3n) is 5.28. The highest BCUT2D eigenvalue weighted by Gasteiger charge is 2.41. The molecule has 1 fully saturated rings. The Morgan fingerprint density at radius 1 is 0.900 bits per heavy atom. The minimum atomic E-state index is -0.113. The molecule has 6 heteroatoms. The first kappa shape index (κ1) is 18.5. The minimum Gasteiger partial charge on any atom is -0.459 e. The van der Waals surface area contributed by atoms with E-state index in [-0.39, 0.29) is 12.1 Å². The fourth-order valence-electron chi connectivity index (χ4n) is 3.84. The van der Waals surface area contributed by atoms with Gasteiger partial charge in [0.05, 0.1) is 11.7 Å². The number of nitrogens with one attached hydrogen (secondary N) is 1. The maximum Gasteiger partial charge on any atom is 0.170 e. The summed E-state index contributed by atoms with van der Waals surface area (Å²) in [6.45, 7) is 0.656. The Morgan fingerprint density at radius 2 is 1.70 bits per heavy atom. The summed E-state index contributed by atoms with van der Waals surface area (Å²) >= 11 is 5.72. The van der Waals surface area contributed by atoms with E-state index in [0.717, 1.165) is 28.3 Å². The van der Waals surface area contributed by atoms with Crippen LogP contribution in [0.2, 0.25) is 0 Å². The molecule has 1 aliphatic rings. The number of pyridine rings is 2. The van der Waals surface area contributed by atoms with E-state index in [9.17, 15) is 0 Å².